The normalized spacial score (nSPS) is 10.3. The number of para-hydroxylation sites is 2. The van der Waals surface area contributed by atoms with Crippen LogP contribution in [0.4, 0.5) is 11.4 Å². The Morgan fingerprint density at radius 2 is 0.946 bits per heavy atom. The minimum atomic E-state index is -0.174. The van der Waals surface area contributed by atoms with E-state index in [0.29, 0.717) is 43.6 Å². The highest BCUT2D eigenvalue weighted by molar-refractivity contribution is 5.93. The molecule has 7 nitrogen and oxygen atoms in total. The molecule has 4 aromatic carbocycles. The van der Waals surface area contributed by atoms with Crippen molar-refractivity contribution in [1.29, 1.82) is 0 Å². The number of hydrogen-bond acceptors (Lipinski definition) is 6. The van der Waals surface area contributed by atoms with Gasteiger partial charge in [-0.1, -0.05) is 48.5 Å². The lowest BCUT2D eigenvalue weighted by Gasteiger charge is -2.12. The van der Waals surface area contributed by atoms with Gasteiger partial charge in [-0.25, -0.2) is 0 Å². The zero-order chi connectivity index (χ0) is 25.5. The average Bonchev–Trinajstić information content (AvgIpc) is 2.94. The first-order valence-corrected chi connectivity index (χ1v) is 12.1. The molecule has 4 rings (SSSR count). The van der Waals surface area contributed by atoms with E-state index in [4.69, 9.17) is 18.9 Å². The van der Waals surface area contributed by atoms with Gasteiger partial charge in [0.25, 0.3) is 0 Å². The summed E-state index contributed by atoms with van der Waals surface area (Å²) in [6, 6.07) is 33.9. The van der Waals surface area contributed by atoms with E-state index in [2.05, 4.69) is 10.6 Å². The van der Waals surface area contributed by atoms with Crippen LogP contribution in [-0.4, -0.2) is 38.9 Å². The molecule has 37 heavy (non-hydrogen) atoms. The number of hydrogen-bond donors (Lipinski definition) is 2. The Morgan fingerprint density at radius 3 is 1.49 bits per heavy atom. The minimum absolute atomic E-state index is 0.108. The van der Waals surface area contributed by atoms with Gasteiger partial charge in [0, 0.05) is 23.5 Å². The highest BCUT2D eigenvalue weighted by atomic mass is 16.5. The molecule has 190 valence electrons. The fraction of sp³-hybridized carbons (Fsp3) is 0.167. The van der Waals surface area contributed by atoms with Gasteiger partial charge in [0.15, 0.2) is 0 Å². The zero-order valence-electron chi connectivity index (χ0n) is 20.5. The van der Waals surface area contributed by atoms with Crippen molar-refractivity contribution in [3.63, 3.8) is 0 Å². The first-order chi connectivity index (χ1) is 18.2. The molecule has 0 radical (unpaired) electrons. The third-order valence-electron chi connectivity index (χ3n) is 5.13. The molecule has 1 amide bonds. The summed E-state index contributed by atoms with van der Waals surface area (Å²) in [4.78, 5) is 12.5. The lowest BCUT2D eigenvalue weighted by atomic mass is 10.3. The van der Waals surface area contributed by atoms with Crippen molar-refractivity contribution < 1.29 is 23.7 Å². The first-order valence-electron chi connectivity index (χ1n) is 12.1. The molecule has 0 bridgehead atoms. The number of anilines is 2. The van der Waals surface area contributed by atoms with Crippen LogP contribution in [0.5, 0.6) is 23.0 Å². The maximum atomic E-state index is 12.5. The smallest absolute Gasteiger partial charge is 0.243 e. The molecule has 0 aliphatic heterocycles. The Bertz CT molecular complexity index is 1230. The number of amides is 1. The molecule has 2 N–H and O–H groups in total. The summed E-state index contributed by atoms with van der Waals surface area (Å²) in [5, 5.41) is 6.00. The van der Waals surface area contributed by atoms with Gasteiger partial charge in [-0.2, -0.15) is 0 Å². The average molecular weight is 499 g/mol. The van der Waals surface area contributed by atoms with Gasteiger partial charge >= 0.3 is 0 Å². The van der Waals surface area contributed by atoms with Crippen LogP contribution in [0.15, 0.2) is 109 Å². The Balaban J connectivity index is 1.16. The monoisotopic (exact) mass is 498 g/mol. The van der Waals surface area contributed by atoms with Crippen molar-refractivity contribution in [2.45, 2.75) is 0 Å². The Kier molecular flexibility index (Phi) is 9.66. The van der Waals surface area contributed by atoms with Gasteiger partial charge in [-0.15, -0.1) is 0 Å². The van der Waals surface area contributed by atoms with Crippen LogP contribution in [0.25, 0.3) is 0 Å². The molecule has 0 aliphatic carbocycles. The fourth-order valence-electron chi connectivity index (χ4n) is 3.42. The molecule has 0 atom stereocenters. The number of ether oxygens (including phenoxy) is 4. The molecule has 0 spiro atoms. The van der Waals surface area contributed by atoms with Crippen molar-refractivity contribution in [2.24, 2.45) is 0 Å². The first kappa shape index (κ1) is 25.4. The molecule has 0 aliphatic rings. The van der Waals surface area contributed by atoms with Crippen LogP contribution in [-0.2, 0) is 4.79 Å². The third-order valence-corrected chi connectivity index (χ3v) is 5.13. The topological polar surface area (TPSA) is 78.1 Å². The quantitative estimate of drug-likeness (QED) is 0.219. The van der Waals surface area contributed by atoms with Crippen molar-refractivity contribution in [2.75, 3.05) is 43.6 Å². The van der Waals surface area contributed by atoms with Gasteiger partial charge in [-0.3, -0.25) is 4.79 Å². The highest BCUT2D eigenvalue weighted by Gasteiger charge is 2.05. The SMILES string of the molecule is O=C(CNc1cccc(OCCOc2ccccc2)c1)Nc1cccc(OCCOc2ccccc2)c1. The molecule has 0 unspecified atom stereocenters. The summed E-state index contributed by atoms with van der Waals surface area (Å²) < 4.78 is 22.8. The molecule has 0 saturated heterocycles. The zero-order valence-corrected chi connectivity index (χ0v) is 20.5. The second-order valence-corrected chi connectivity index (χ2v) is 7.98. The van der Waals surface area contributed by atoms with Crippen molar-refractivity contribution in [1.82, 2.24) is 0 Å². The second-order valence-electron chi connectivity index (χ2n) is 7.98. The predicted molar refractivity (Wildman–Crippen MR) is 145 cm³/mol. The lowest BCUT2D eigenvalue weighted by molar-refractivity contribution is -0.114. The summed E-state index contributed by atoms with van der Waals surface area (Å²) in [7, 11) is 0. The maximum Gasteiger partial charge on any atom is 0.243 e. The lowest BCUT2D eigenvalue weighted by Crippen LogP contribution is -2.21. The standard InChI is InChI=1S/C30H30N2O5/c33-30(32-25-10-8-16-29(22-25)37-20-18-35-27-13-5-2-6-14-27)23-31-24-9-7-15-28(21-24)36-19-17-34-26-11-3-1-4-12-26/h1-16,21-22,31H,17-20,23H2,(H,32,33). The van der Waals surface area contributed by atoms with Crippen LogP contribution < -0.4 is 29.6 Å². The van der Waals surface area contributed by atoms with E-state index in [1.165, 1.54) is 0 Å². The summed E-state index contributed by atoms with van der Waals surface area (Å²) in [6.45, 7) is 1.77. The van der Waals surface area contributed by atoms with Crippen LogP contribution in [0.2, 0.25) is 0 Å². The van der Waals surface area contributed by atoms with Crippen LogP contribution in [0.3, 0.4) is 0 Å². The van der Waals surface area contributed by atoms with E-state index in [9.17, 15) is 4.79 Å². The largest absolute Gasteiger partial charge is 0.490 e. The van der Waals surface area contributed by atoms with Gasteiger partial charge in [-0.05, 0) is 48.5 Å². The highest BCUT2D eigenvalue weighted by Crippen LogP contribution is 2.19. The number of nitrogens with one attached hydrogen (secondary N) is 2. The van der Waals surface area contributed by atoms with E-state index in [1.54, 1.807) is 6.07 Å². The van der Waals surface area contributed by atoms with Crippen molar-refractivity contribution in [3.8, 4) is 23.0 Å². The summed E-state index contributed by atoms with van der Waals surface area (Å²) in [5.41, 5.74) is 1.44. The minimum Gasteiger partial charge on any atom is -0.490 e. The second kappa shape index (κ2) is 14.0. The van der Waals surface area contributed by atoms with Gasteiger partial charge < -0.3 is 29.6 Å². The summed E-state index contributed by atoms with van der Waals surface area (Å²) >= 11 is 0. The van der Waals surface area contributed by atoms with E-state index >= 15 is 0 Å². The Labute approximate surface area is 217 Å². The molecule has 0 fully saturated rings. The van der Waals surface area contributed by atoms with E-state index < -0.39 is 0 Å². The van der Waals surface area contributed by atoms with E-state index in [-0.39, 0.29) is 12.5 Å². The van der Waals surface area contributed by atoms with Crippen molar-refractivity contribution >= 4 is 17.3 Å². The number of benzene rings is 4. The van der Waals surface area contributed by atoms with Crippen molar-refractivity contribution in [3.05, 3.63) is 109 Å². The van der Waals surface area contributed by atoms with Crippen LogP contribution >= 0.6 is 0 Å². The molecular weight excluding hydrogens is 468 g/mol. The number of rotatable bonds is 14. The van der Waals surface area contributed by atoms with Gasteiger partial charge in [0.1, 0.15) is 49.4 Å². The molecular formula is C30H30N2O5. The number of carbonyl (C=O) groups excluding carboxylic acids is 1. The molecule has 4 aromatic rings. The summed E-state index contributed by atoms with van der Waals surface area (Å²) in [6.07, 6.45) is 0. The van der Waals surface area contributed by atoms with E-state index in [0.717, 1.165) is 17.2 Å². The Hall–Kier alpha value is -4.65. The van der Waals surface area contributed by atoms with Crippen LogP contribution in [0, 0.1) is 0 Å². The molecule has 0 heterocycles. The maximum absolute atomic E-state index is 12.5. The third kappa shape index (κ3) is 9.14. The fourth-order valence-corrected chi connectivity index (χ4v) is 3.42. The summed E-state index contributed by atoms with van der Waals surface area (Å²) in [5.74, 6) is 2.79. The van der Waals surface area contributed by atoms with Gasteiger partial charge in [0.05, 0.1) is 6.54 Å². The molecule has 0 aromatic heterocycles. The number of carbonyl (C=O) groups is 1. The molecule has 7 heteroatoms. The van der Waals surface area contributed by atoms with Crippen LogP contribution in [0.1, 0.15) is 0 Å². The van der Waals surface area contributed by atoms with Gasteiger partial charge in [0.2, 0.25) is 5.91 Å². The molecule has 0 saturated carbocycles. The predicted octanol–water partition coefficient (Wildman–Crippen LogP) is 5.65. The Morgan fingerprint density at radius 1 is 0.514 bits per heavy atom. The van der Waals surface area contributed by atoms with E-state index in [1.807, 2.05) is 103 Å².